The first-order valence-electron chi connectivity index (χ1n) is 9.37. The minimum atomic E-state index is 0.168. The molecule has 0 unspecified atom stereocenters. The predicted molar refractivity (Wildman–Crippen MR) is 99.2 cm³/mol. The molecule has 5 heteroatoms. The molecule has 1 aliphatic heterocycles. The Hall–Kier alpha value is -0.810. The maximum absolute atomic E-state index is 5.58. The van der Waals surface area contributed by atoms with Gasteiger partial charge in [-0.3, -0.25) is 9.89 Å². The number of unbranched alkanes of at least 4 members (excludes halogenated alkanes) is 1. The highest BCUT2D eigenvalue weighted by atomic mass is 16.5. The molecule has 0 radical (unpaired) electrons. The summed E-state index contributed by atoms with van der Waals surface area (Å²) in [6.07, 6.45) is 7.40. The van der Waals surface area contributed by atoms with Crippen LogP contribution in [0.15, 0.2) is 4.99 Å². The van der Waals surface area contributed by atoms with Gasteiger partial charge in [-0.05, 0) is 52.6 Å². The smallest absolute Gasteiger partial charge is 0.191 e. The van der Waals surface area contributed by atoms with E-state index < -0.39 is 0 Å². The molecule has 1 saturated heterocycles. The molecule has 0 spiro atoms. The van der Waals surface area contributed by atoms with Crippen LogP contribution < -0.4 is 10.6 Å². The van der Waals surface area contributed by atoms with Crippen LogP contribution in [0.4, 0.5) is 0 Å². The summed E-state index contributed by atoms with van der Waals surface area (Å²) in [6.45, 7) is 12.8. The summed E-state index contributed by atoms with van der Waals surface area (Å²) < 4.78 is 5.58. The third-order valence-corrected chi connectivity index (χ3v) is 4.52. The second-order valence-corrected chi connectivity index (χ2v) is 7.03. The van der Waals surface area contributed by atoms with Crippen molar-refractivity contribution in [2.24, 2.45) is 4.99 Å². The Morgan fingerprint density at radius 1 is 1.09 bits per heavy atom. The van der Waals surface area contributed by atoms with Gasteiger partial charge in [-0.1, -0.05) is 19.8 Å². The molecule has 0 bridgehead atoms. The molecule has 0 saturated carbocycles. The Balaban J connectivity index is 2.17. The topological polar surface area (TPSA) is 48.9 Å². The van der Waals surface area contributed by atoms with Gasteiger partial charge in [0.1, 0.15) is 0 Å². The number of guanidine groups is 1. The van der Waals surface area contributed by atoms with E-state index in [1.807, 2.05) is 7.05 Å². The van der Waals surface area contributed by atoms with Crippen LogP contribution in [0.5, 0.6) is 0 Å². The molecule has 0 atom stereocenters. The molecule has 0 aliphatic carbocycles. The molecule has 23 heavy (non-hydrogen) atoms. The quantitative estimate of drug-likeness (QED) is 0.368. The van der Waals surface area contributed by atoms with E-state index in [9.17, 15) is 0 Å². The average molecular weight is 327 g/mol. The minimum Gasteiger partial charge on any atom is -0.381 e. The lowest BCUT2D eigenvalue weighted by molar-refractivity contribution is 0.0982. The fraction of sp³-hybridized carbons (Fsp3) is 0.944. The molecule has 2 N–H and O–H groups in total. The van der Waals surface area contributed by atoms with Crippen LogP contribution in [0.3, 0.4) is 0 Å². The van der Waals surface area contributed by atoms with Gasteiger partial charge in [-0.2, -0.15) is 0 Å². The van der Waals surface area contributed by atoms with Gasteiger partial charge in [0.25, 0.3) is 0 Å². The third-order valence-electron chi connectivity index (χ3n) is 4.52. The maximum atomic E-state index is 5.58. The van der Waals surface area contributed by atoms with E-state index in [4.69, 9.17) is 4.74 Å². The van der Waals surface area contributed by atoms with Gasteiger partial charge in [0.05, 0.1) is 0 Å². The van der Waals surface area contributed by atoms with Crippen LogP contribution in [-0.4, -0.2) is 62.8 Å². The molecule has 136 valence electrons. The van der Waals surface area contributed by atoms with Crippen molar-refractivity contribution in [3.05, 3.63) is 0 Å². The van der Waals surface area contributed by atoms with E-state index in [-0.39, 0.29) is 5.54 Å². The van der Waals surface area contributed by atoms with E-state index in [0.29, 0.717) is 0 Å². The fourth-order valence-corrected chi connectivity index (χ4v) is 2.86. The lowest BCUT2D eigenvalue weighted by Crippen LogP contribution is -2.54. The average Bonchev–Trinajstić information content (AvgIpc) is 2.57. The first-order valence-corrected chi connectivity index (χ1v) is 9.37. The first kappa shape index (κ1) is 20.2. The highest BCUT2D eigenvalue weighted by molar-refractivity contribution is 5.79. The Bertz CT molecular complexity index is 325. The molecule has 1 heterocycles. The molecule has 0 amide bonds. The molecule has 0 aromatic heterocycles. The van der Waals surface area contributed by atoms with E-state index in [0.717, 1.165) is 45.1 Å². The zero-order chi connectivity index (χ0) is 17.0. The Morgan fingerprint density at radius 2 is 1.78 bits per heavy atom. The highest BCUT2D eigenvalue weighted by Crippen LogP contribution is 2.19. The lowest BCUT2D eigenvalue weighted by Gasteiger charge is -2.41. The summed E-state index contributed by atoms with van der Waals surface area (Å²) in [7, 11) is 1.83. The lowest BCUT2D eigenvalue weighted by atomic mass is 9.98. The highest BCUT2D eigenvalue weighted by Gasteiger charge is 2.27. The van der Waals surface area contributed by atoms with Crippen molar-refractivity contribution in [3.8, 4) is 0 Å². The fourth-order valence-electron chi connectivity index (χ4n) is 2.86. The van der Waals surface area contributed by atoms with Gasteiger partial charge in [-0.25, -0.2) is 0 Å². The van der Waals surface area contributed by atoms with Crippen molar-refractivity contribution in [3.63, 3.8) is 0 Å². The minimum absolute atomic E-state index is 0.168. The molecular weight excluding hydrogens is 288 g/mol. The van der Waals surface area contributed by atoms with Gasteiger partial charge < -0.3 is 15.4 Å². The Morgan fingerprint density at radius 3 is 2.43 bits per heavy atom. The van der Waals surface area contributed by atoms with Crippen LogP contribution in [0.2, 0.25) is 0 Å². The number of ether oxygens (including phenoxy) is 1. The summed E-state index contributed by atoms with van der Waals surface area (Å²) in [4.78, 5) is 6.91. The number of nitrogens with one attached hydrogen (secondary N) is 2. The molecule has 1 aliphatic rings. The van der Waals surface area contributed by atoms with Gasteiger partial charge in [-0.15, -0.1) is 0 Å². The molecule has 1 fully saturated rings. The van der Waals surface area contributed by atoms with Crippen LogP contribution in [0, 0.1) is 0 Å². The number of hydrogen-bond acceptors (Lipinski definition) is 3. The van der Waals surface area contributed by atoms with Gasteiger partial charge in [0, 0.05) is 38.9 Å². The SMILES string of the molecule is CCCCOCCCNC(=NC)NCC(C)(C)N1CCCCC1. The maximum Gasteiger partial charge on any atom is 0.191 e. The molecular formula is C18H38N4O. The van der Waals surface area contributed by atoms with Crippen molar-refractivity contribution in [2.75, 3.05) is 46.4 Å². The largest absolute Gasteiger partial charge is 0.381 e. The van der Waals surface area contributed by atoms with Crippen molar-refractivity contribution >= 4 is 5.96 Å². The number of nitrogens with zero attached hydrogens (tertiary/aromatic N) is 2. The van der Waals surface area contributed by atoms with Gasteiger partial charge >= 0.3 is 0 Å². The van der Waals surface area contributed by atoms with Gasteiger partial charge in [0.2, 0.25) is 0 Å². The Kier molecular flexibility index (Phi) is 10.3. The van der Waals surface area contributed by atoms with Crippen LogP contribution >= 0.6 is 0 Å². The Labute approximate surface area is 143 Å². The third kappa shape index (κ3) is 8.56. The summed E-state index contributed by atoms with van der Waals surface area (Å²) in [6, 6.07) is 0. The van der Waals surface area contributed by atoms with Crippen molar-refractivity contribution in [1.82, 2.24) is 15.5 Å². The second kappa shape index (κ2) is 11.7. The van der Waals surface area contributed by atoms with Crippen molar-refractivity contribution < 1.29 is 4.74 Å². The molecule has 1 rings (SSSR count). The molecule has 0 aromatic carbocycles. The van der Waals surface area contributed by atoms with Crippen molar-refractivity contribution in [2.45, 2.75) is 64.8 Å². The number of rotatable bonds is 10. The normalized spacial score (nSPS) is 17.3. The number of piperidine rings is 1. The zero-order valence-corrected chi connectivity index (χ0v) is 15.8. The molecule has 0 aromatic rings. The monoisotopic (exact) mass is 326 g/mol. The predicted octanol–water partition coefficient (Wildman–Crippen LogP) is 2.62. The molecule has 5 nitrogen and oxygen atoms in total. The van der Waals surface area contributed by atoms with Crippen molar-refractivity contribution in [1.29, 1.82) is 0 Å². The van der Waals surface area contributed by atoms with Gasteiger partial charge in [0.15, 0.2) is 5.96 Å². The first-order chi connectivity index (χ1) is 11.1. The summed E-state index contributed by atoms with van der Waals surface area (Å²) in [5, 5.41) is 6.85. The number of likely N-dealkylation sites (tertiary alicyclic amines) is 1. The van der Waals surface area contributed by atoms with Crippen LogP contribution in [0.25, 0.3) is 0 Å². The van der Waals surface area contributed by atoms with E-state index in [1.54, 1.807) is 0 Å². The number of hydrogen-bond donors (Lipinski definition) is 2. The zero-order valence-electron chi connectivity index (χ0n) is 15.8. The van der Waals surface area contributed by atoms with Crippen LogP contribution in [0.1, 0.15) is 59.3 Å². The van der Waals surface area contributed by atoms with E-state index >= 15 is 0 Å². The summed E-state index contributed by atoms with van der Waals surface area (Å²) in [5.41, 5.74) is 0.168. The standard InChI is InChI=1S/C18H38N4O/c1-5-6-14-23-15-10-11-20-17(19-4)21-16-18(2,3)22-12-8-7-9-13-22/h5-16H2,1-4H3,(H2,19,20,21). The summed E-state index contributed by atoms with van der Waals surface area (Å²) >= 11 is 0. The van der Waals surface area contributed by atoms with Crippen LogP contribution in [-0.2, 0) is 4.74 Å². The number of aliphatic imine (C=N–C) groups is 1. The second-order valence-electron chi connectivity index (χ2n) is 7.03. The van der Waals surface area contributed by atoms with E-state index in [1.165, 1.54) is 38.8 Å². The summed E-state index contributed by atoms with van der Waals surface area (Å²) in [5.74, 6) is 0.892. The van der Waals surface area contributed by atoms with E-state index in [2.05, 4.69) is 41.3 Å².